The van der Waals surface area contributed by atoms with Crippen LogP contribution in [-0.2, 0) is 11.3 Å². The maximum atomic E-state index is 12.7. The molecule has 1 aromatic heterocycles. The van der Waals surface area contributed by atoms with E-state index in [4.69, 9.17) is 17.2 Å². The van der Waals surface area contributed by atoms with Crippen molar-refractivity contribution in [3.8, 4) is 5.69 Å². The average Bonchev–Trinajstić information content (AvgIpc) is 2.93. The number of amides is 3. The number of aromatic nitrogens is 2. The van der Waals surface area contributed by atoms with Crippen molar-refractivity contribution < 1.29 is 14.7 Å². The lowest BCUT2D eigenvalue weighted by molar-refractivity contribution is -0.139. The summed E-state index contributed by atoms with van der Waals surface area (Å²) in [6, 6.07) is 8.91. The number of anilines is 1. The van der Waals surface area contributed by atoms with Crippen molar-refractivity contribution >= 4 is 17.8 Å². The first-order chi connectivity index (χ1) is 18.6. The summed E-state index contributed by atoms with van der Waals surface area (Å²) in [5.74, 6) is 0.157. The molecule has 2 fully saturated rings. The number of nitrogens with one attached hydrogen (secondary N) is 1. The van der Waals surface area contributed by atoms with E-state index in [2.05, 4.69) is 15.2 Å². The molecule has 1 aromatic carbocycles. The van der Waals surface area contributed by atoms with E-state index in [-0.39, 0.29) is 17.9 Å². The van der Waals surface area contributed by atoms with Crippen LogP contribution < -0.4 is 28.2 Å². The first-order valence-corrected chi connectivity index (χ1v) is 13.2. The second kappa shape index (κ2) is 12.2. The molecular formula is C26H39N9O4. The maximum absolute atomic E-state index is 12.7. The molecule has 0 aliphatic carbocycles. The van der Waals surface area contributed by atoms with E-state index in [9.17, 15) is 19.5 Å². The van der Waals surface area contributed by atoms with Crippen molar-refractivity contribution in [1.29, 1.82) is 0 Å². The largest absolute Gasteiger partial charge is 0.394 e. The quantitative estimate of drug-likeness (QED) is 0.276. The number of carbonyl (C=O) groups excluding carboxylic acids is 2. The van der Waals surface area contributed by atoms with Crippen LogP contribution in [0.4, 0.5) is 10.6 Å². The molecule has 13 heteroatoms. The fourth-order valence-corrected chi connectivity index (χ4v) is 4.92. The fourth-order valence-electron chi connectivity index (χ4n) is 4.92. The summed E-state index contributed by atoms with van der Waals surface area (Å²) in [6.07, 6.45) is 3.31. The van der Waals surface area contributed by atoms with E-state index in [1.54, 1.807) is 12.3 Å². The van der Waals surface area contributed by atoms with Gasteiger partial charge < -0.3 is 32.1 Å². The van der Waals surface area contributed by atoms with E-state index < -0.39 is 23.9 Å². The minimum Gasteiger partial charge on any atom is -0.394 e. The number of aliphatic hydroxyl groups is 1. The maximum Gasteiger partial charge on any atom is 0.354 e. The minimum absolute atomic E-state index is 0.145. The van der Waals surface area contributed by atoms with Crippen LogP contribution in [0.2, 0.25) is 0 Å². The predicted molar refractivity (Wildman–Crippen MR) is 147 cm³/mol. The number of piperidine rings is 1. The van der Waals surface area contributed by atoms with Crippen molar-refractivity contribution in [2.45, 2.75) is 38.0 Å². The number of likely N-dealkylation sites (tertiary alicyclic amines) is 1. The molecule has 8 N–H and O–H groups in total. The average molecular weight is 542 g/mol. The molecule has 3 amide bonds. The SMILES string of the molecule is C[C@](N)(CO)C(=O)N1CCN(C(=O)Nc2ccn(-c3ccc(CN4CCC(C(N)N)CC4)cc3)c(=O)n2)CC1. The molecule has 2 aromatic rings. The number of piperazine rings is 1. The molecule has 1 atom stereocenters. The smallest absolute Gasteiger partial charge is 0.354 e. The van der Waals surface area contributed by atoms with Gasteiger partial charge in [-0.05, 0) is 62.5 Å². The van der Waals surface area contributed by atoms with E-state index >= 15 is 0 Å². The van der Waals surface area contributed by atoms with Crippen molar-refractivity contribution in [2.24, 2.45) is 23.1 Å². The zero-order valence-corrected chi connectivity index (χ0v) is 22.3. The lowest BCUT2D eigenvalue weighted by Crippen LogP contribution is -2.60. The first-order valence-electron chi connectivity index (χ1n) is 13.2. The molecule has 0 radical (unpaired) electrons. The second-order valence-electron chi connectivity index (χ2n) is 10.6. The minimum atomic E-state index is -1.35. The molecule has 212 valence electrons. The highest BCUT2D eigenvalue weighted by molar-refractivity contribution is 5.89. The number of aliphatic hydroxyl groups excluding tert-OH is 1. The molecule has 4 rings (SSSR count). The van der Waals surface area contributed by atoms with Crippen LogP contribution in [0.1, 0.15) is 25.3 Å². The molecule has 0 bridgehead atoms. The highest BCUT2D eigenvalue weighted by atomic mass is 16.3. The Morgan fingerprint density at radius 2 is 1.67 bits per heavy atom. The Hall–Kier alpha value is -3.36. The number of urea groups is 1. The van der Waals surface area contributed by atoms with Crippen LogP contribution in [0.5, 0.6) is 0 Å². The van der Waals surface area contributed by atoms with Gasteiger partial charge in [0.25, 0.3) is 0 Å². The normalized spacial score (nSPS) is 18.7. The summed E-state index contributed by atoms with van der Waals surface area (Å²) >= 11 is 0. The Bertz CT molecular complexity index is 1200. The van der Waals surface area contributed by atoms with Gasteiger partial charge in [0.1, 0.15) is 11.4 Å². The Morgan fingerprint density at radius 1 is 1.05 bits per heavy atom. The molecule has 13 nitrogen and oxygen atoms in total. The number of benzene rings is 1. The molecule has 0 unspecified atom stereocenters. The van der Waals surface area contributed by atoms with Gasteiger partial charge in [-0.1, -0.05) is 12.1 Å². The van der Waals surface area contributed by atoms with Gasteiger partial charge in [-0.15, -0.1) is 0 Å². The number of hydrogen-bond donors (Lipinski definition) is 5. The van der Waals surface area contributed by atoms with Gasteiger partial charge in [0.2, 0.25) is 5.91 Å². The van der Waals surface area contributed by atoms with Crippen LogP contribution in [0.3, 0.4) is 0 Å². The second-order valence-corrected chi connectivity index (χ2v) is 10.6. The third kappa shape index (κ3) is 6.99. The molecule has 39 heavy (non-hydrogen) atoms. The lowest BCUT2D eigenvalue weighted by atomic mass is 9.94. The van der Waals surface area contributed by atoms with Crippen molar-refractivity contribution in [3.63, 3.8) is 0 Å². The van der Waals surface area contributed by atoms with Gasteiger partial charge in [0.15, 0.2) is 0 Å². The zero-order chi connectivity index (χ0) is 28.2. The van der Waals surface area contributed by atoms with Gasteiger partial charge in [0, 0.05) is 38.9 Å². The molecule has 0 saturated carbocycles. The van der Waals surface area contributed by atoms with Gasteiger partial charge in [-0.2, -0.15) is 4.98 Å². The third-order valence-electron chi connectivity index (χ3n) is 7.51. The summed E-state index contributed by atoms with van der Waals surface area (Å²) in [5, 5.41) is 12.0. The van der Waals surface area contributed by atoms with Crippen molar-refractivity contribution in [1.82, 2.24) is 24.3 Å². The Morgan fingerprint density at radius 3 is 2.23 bits per heavy atom. The summed E-state index contributed by atoms with van der Waals surface area (Å²) in [4.78, 5) is 47.3. The molecule has 2 saturated heterocycles. The van der Waals surface area contributed by atoms with Gasteiger partial charge in [-0.25, -0.2) is 9.59 Å². The molecule has 2 aliphatic rings. The number of rotatable bonds is 7. The van der Waals surface area contributed by atoms with Gasteiger partial charge in [-0.3, -0.25) is 19.6 Å². The van der Waals surface area contributed by atoms with Gasteiger partial charge >= 0.3 is 11.7 Å². The number of nitrogens with two attached hydrogens (primary N) is 3. The fraction of sp³-hybridized carbons (Fsp3) is 0.538. The standard InChI is InChI=1S/C26H39N9O4/c1-26(29,17-36)23(37)33-12-14-34(15-13-33)24(38)30-21-8-11-35(25(39)31-21)20-4-2-18(3-5-20)16-32-9-6-19(7-10-32)22(27)28/h2-5,8,11,19,22,36H,6-7,9-10,12-17,27-29H2,1H3,(H,30,31,38,39)/t26-/m0/s1. The van der Waals surface area contributed by atoms with E-state index in [0.29, 0.717) is 37.8 Å². The Kier molecular flexibility index (Phi) is 8.97. The van der Waals surface area contributed by atoms with Crippen LogP contribution in [0.15, 0.2) is 41.3 Å². The summed E-state index contributed by atoms with van der Waals surface area (Å²) < 4.78 is 1.42. The van der Waals surface area contributed by atoms with Crippen LogP contribution in [0.25, 0.3) is 5.69 Å². The van der Waals surface area contributed by atoms with Crippen LogP contribution in [0, 0.1) is 5.92 Å². The topological polar surface area (TPSA) is 189 Å². The monoisotopic (exact) mass is 541 g/mol. The van der Waals surface area contributed by atoms with Gasteiger partial charge in [0.05, 0.1) is 18.5 Å². The van der Waals surface area contributed by atoms with Crippen LogP contribution >= 0.6 is 0 Å². The summed E-state index contributed by atoms with van der Waals surface area (Å²) in [5.41, 5.74) is 17.4. The molecule has 3 heterocycles. The number of nitrogens with zero attached hydrogens (tertiary/aromatic N) is 5. The highest BCUT2D eigenvalue weighted by Gasteiger charge is 2.34. The van der Waals surface area contributed by atoms with Crippen molar-refractivity contribution in [2.75, 3.05) is 51.2 Å². The molecular weight excluding hydrogens is 502 g/mol. The zero-order valence-electron chi connectivity index (χ0n) is 22.3. The summed E-state index contributed by atoms with van der Waals surface area (Å²) in [6.45, 7) is 4.92. The van der Waals surface area contributed by atoms with E-state index in [1.165, 1.54) is 21.3 Å². The third-order valence-corrected chi connectivity index (χ3v) is 7.51. The number of carbonyl (C=O) groups is 2. The van der Waals surface area contributed by atoms with Crippen LogP contribution in [-0.4, -0.2) is 98.9 Å². The lowest BCUT2D eigenvalue weighted by Gasteiger charge is -2.37. The highest BCUT2D eigenvalue weighted by Crippen LogP contribution is 2.20. The predicted octanol–water partition coefficient (Wildman–Crippen LogP) is -0.926. The Balaban J connectivity index is 1.30. The molecule has 2 aliphatic heterocycles. The van der Waals surface area contributed by atoms with Crippen molar-refractivity contribution in [3.05, 3.63) is 52.6 Å². The first kappa shape index (κ1) is 28.6. The van der Waals surface area contributed by atoms with E-state index in [0.717, 1.165) is 38.0 Å². The Labute approximate surface area is 227 Å². The number of hydrogen-bond acceptors (Lipinski definition) is 9. The van der Waals surface area contributed by atoms with E-state index in [1.807, 2.05) is 24.3 Å². The summed E-state index contributed by atoms with van der Waals surface area (Å²) in [7, 11) is 0. The molecule has 0 spiro atoms.